The molecule has 3 heteroatoms. The molecule has 0 bridgehead atoms. The van der Waals surface area contributed by atoms with Gasteiger partial charge >= 0.3 is 0 Å². The van der Waals surface area contributed by atoms with Crippen LogP contribution in [0.3, 0.4) is 0 Å². The maximum atomic E-state index is 5.73. The van der Waals surface area contributed by atoms with Crippen LogP contribution in [-0.2, 0) is 0 Å². The lowest BCUT2D eigenvalue weighted by atomic mass is 10.2. The van der Waals surface area contributed by atoms with E-state index in [4.69, 9.17) is 10.2 Å². The highest BCUT2D eigenvalue weighted by Crippen LogP contribution is 2.18. The van der Waals surface area contributed by atoms with Gasteiger partial charge in [0.2, 0.25) is 0 Å². The Morgan fingerprint density at radius 2 is 2.36 bits per heavy atom. The SMILES string of the molecule is CCCCN(C)C(CN)c1ccco1. The Morgan fingerprint density at radius 3 is 2.86 bits per heavy atom. The molecule has 0 aromatic carbocycles. The number of nitrogens with two attached hydrogens (primary N) is 1. The molecule has 2 N–H and O–H groups in total. The lowest BCUT2D eigenvalue weighted by Crippen LogP contribution is -2.30. The van der Waals surface area contributed by atoms with E-state index >= 15 is 0 Å². The quantitative estimate of drug-likeness (QED) is 0.756. The number of unbranched alkanes of at least 4 members (excludes halogenated alkanes) is 1. The second-order valence-corrected chi connectivity index (χ2v) is 3.60. The fourth-order valence-electron chi connectivity index (χ4n) is 1.56. The van der Waals surface area contributed by atoms with Crippen molar-refractivity contribution in [2.24, 2.45) is 5.73 Å². The number of rotatable bonds is 6. The third kappa shape index (κ3) is 2.86. The molecule has 0 saturated carbocycles. The predicted molar refractivity (Wildman–Crippen MR) is 58.0 cm³/mol. The van der Waals surface area contributed by atoms with Gasteiger partial charge in [-0.15, -0.1) is 0 Å². The molecule has 1 heterocycles. The van der Waals surface area contributed by atoms with Crippen LogP contribution in [0.25, 0.3) is 0 Å². The summed E-state index contributed by atoms with van der Waals surface area (Å²) < 4.78 is 5.37. The molecule has 0 radical (unpaired) electrons. The van der Waals surface area contributed by atoms with Crippen molar-refractivity contribution in [2.45, 2.75) is 25.8 Å². The summed E-state index contributed by atoms with van der Waals surface area (Å²) in [5.41, 5.74) is 5.73. The third-order valence-corrected chi connectivity index (χ3v) is 2.49. The molecule has 0 fully saturated rings. The van der Waals surface area contributed by atoms with E-state index in [1.807, 2.05) is 12.1 Å². The maximum Gasteiger partial charge on any atom is 0.122 e. The Bertz CT molecular complexity index is 233. The number of hydrogen-bond acceptors (Lipinski definition) is 3. The van der Waals surface area contributed by atoms with Crippen LogP contribution in [0, 0.1) is 0 Å². The Hall–Kier alpha value is -0.800. The molecule has 0 aliphatic rings. The summed E-state index contributed by atoms with van der Waals surface area (Å²) in [5, 5.41) is 0. The monoisotopic (exact) mass is 196 g/mol. The minimum absolute atomic E-state index is 0.219. The lowest BCUT2D eigenvalue weighted by molar-refractivity contribution is 0.218. The van der Waals surface area contributed by atoms with E-state index < -0.39 is 0 Å². The number of hydrogen-bond donors (Lipinski definition) is 1. The molecule has 0 amide bonds. The van der Waals surface area contributed by atoms with Crippen molar-refractivity contribution in [3.8, 4) is 0 Å². The zero-order chi connectivity index (χ0) is 10.4. The molecule has 1 aromatic rings. The molecule has 1 atom stereocenters. The van der Waals surface area contributed by atoms with Gasteiger partial charge < -0.3 is 10.2 Å². The average Bonchev–Trinajstić information content (AvgIpc) is 2.69. The van der Waals surface area contributed by atoms with Gasteiger partial charge in [-0.05, 0) is 32.1 Å². The molecule has 1 unspecified atom stereocenters. The van der Waals surface area contributed by atoms with Gasteiger partial charge in [0.1, 0.15) is 5.76 Å². The van der Waals surface area contributed by atoms with Gasteiger partial charge in [-0.1, -0.05) is 13.3 Å². The van der Waals surface area contributed by atoms with Gasteiger partial charge in [0.05, 0.1) is 12.3 Å². The van der Waals surface area contributed by atoms with E-state index in [2.05, 4.69) is 18.9 Å². The van der Waals surface area contributed by atoms with Crippen LogP contribution in [0.5, 0.6) is 0 Å². The average molecular weight is 196 g/mol. The summed E-state index contributed by atoms with van der Waals surface area (Å²) >= 11 is 0. The molecule has 0 spiro atoms. The predicted octanol–water partition coefficient (Wildman–Crippen LogP) is 2.01. The third-order valence-electron chi connectivity index (χ3n) is 2.49. The molecular weight excluding hydrogens is 176 g/mol. The van der Waals surface area contributed by atoms with Crippen molar-refractivity contribution >= 4 is 0 Å². The van der Waals surface area contributed by atoms with Crippen LogP contribution in [-0.4, -0.2) is 25.0 Å². The van der Waals surface area contributed by atoms with Crippen LogP contribution in [0.15, 0.2) is 22.8 Å². The van der Waals surface area contributed by atoms with Gasteiger partial charge in [-0.3, -0.25) is 4.90 Å². The zero-order valence-electron chi connectivity index (χ0n) is 9.07. The standard InChI is InChI=1S/C11H20N2O/c1-3-4-7-13(2)10(9-12)11-6-5-8-14-11/h5-6,8,10H,3-4,7,9,12H2,1-2H3. The Labute approximate surface area is 85.9 Å². The van der Waals surface area contributed by atoms with E-state index in [9.17, 15) is 0 Å². The fraction of sp³-hybridized carbons (Fsp3) is 0.636. The molecule has 1 rings (SSSR count). The first-order valence-corrected chi connectivity index (χ1v) is 5.23. The summed E-state index contributed by atoms with van der Waals surface area (Å²) in [6, 6.07) is 4.11. The molecule has 14 heavy (non-hydrogen) atoms. The lowest BCUT2D eigenvalue weighted by Gasteiger charge is -2.24. The Balaban J connectivity index is 2.53. The normalized spacial score (nSPS) is 13.4. The van der Waals surface area contributed by atoms with Crippen molar-refractivity contribution in [1.82, 2.24) is 4.90 Å². The van der Waals surface area contributed by atoms with Crippen LogP contribution >= 0.6 is 0 Å². The second kappa shape index (κ2) is 5.83. The van der Waals surface area contributed by atoms with Gasteiger partial charge in [0.15, 0.2) is 0 Å². The van der Waals surface area contributed by atoms with Crippen molar-refractivity contribution in [3.63, 3.8) is 0 Å². The van der Waals surface area contributed by atoms with Crippen LogP contribution in [0.1, 0.15) is 31.6 Å². The van der Waals surface area contributed by atoms with Gasteiger partial charge in [0, 0.05) is 6.54 Å². The van der Waals surface area contributed by atoms with Crippen molar-refractivity contribution in [2.75, 3.05) is 20.1 Å². The van der Waals surface area contributed by atoms with E-state index in [1.54, 1.807) is 6.26 Å². The summed E-state index contributed by atoms with van der Waals surface area (Å²) in [4.78, 5) is 2.25. The van der Waals surface area contributed by atoms with Crippen molar-refractivity contribution < 1.29 is 4.42 Å². The number of furan rings is 1. The molecular formula is C11H20N2O. The highest BCUT2D eigenvalue weighted by atomic mass is 16.3. The fourth-order valence-corrected chi connectivity index (χ4v) is 1.56. The molecule has 0 saturated heterocycles. The van der Waals surface area contributed by atoms with Crippen molar-refractivity contribution in [1.29, 1.82) is 0 Å². The summed E-state index contributed by atoms with van der Waals surface area (Å²) in [5.74, 6) is 0.964. The van der Waals surface area contributed by atoms with Gasteiger partial charge in [0.25, 0.3) is 0 Å². The van der Waals surface area contributed by atoms with E-state index in [-0.39, 0.29) is 6.04 Å². The summed E-state index contributed by atoms with van der Waals surface area (Å²) in [6.45, 7) is 3.87. The van der Waals surface area contributed by atoms with E-state index in [1.165, 1.54) is 12.8 Å². The number of likely N-dealkylation sites (N-methyl/N-ethyl adjacent to an activating group) is 1. The maximum absolute atomic E-state index is 5.73. The van der Waals surface area contributed by atoms with Gasteiger partial charge in [-0.2, -0.15) is 0 Å². The molecule has 80 valence electrons. The zero-order valence-corrected chi connectivity index (χ0v) is 9.07. The van der Waals surface area contributed by atoms with Gasteiger partial charge in [-0.25, -0.2) is 0 Å². The Kier molecular flexibility index (Phi) is 4.70. The van der Waals surface area contributed by atoms with E-state index in [0.717, 1.165) is 12.3 Å². The smallest absolute Gasteiger partial charge is 0.122 e. The minimum atomic E-state index is 0.219. The van der Waals surface area contributed by atoms with Crippen LogP contribution in [0.2, 0.25) is 0 Å². The second-order valence-electron chi connectivity index (χ2n) is 3.60. The largest absolute Gasteiger partial charge is 0.468 e. The highest BCUT2D eigenvalue weighted by molar-refractivity contribution is 5.04. The summed E-state index contributed by atoms with van der Waals surface area (Å²) in [7, 11) is 2.09. The van der Waals surface area contributed by atoms with Crippen LogP contribution in [0.4, 0.5) is 0 Å². The topological polar surface area (TPSA) is 42.4 Å². The first-order chi connectivity index (χ1) is 6.79. The van der Waals surface area contributed by atoms with Crippen LogP contribution < -0.4 is 5.73 Å². The number of nitrogens with zero attached hydrogens (tertiary/aromatic N) is 1. The summed E-state index contributed by atoms with van der Waals surface area (Å²) in [6.07, 6.45) is 4.11. The first-order valence-electron chi connectivity index (χ1n) is 5.23. The molecule has 1 aromatic heterocycles. The molecule has 3 nitrogen and oxygen atoms in total. The van der Waals surface area contributed by atoms with Crippen molar-refractivity contribution in [3.05, 3.63) is 24.2 Å². The first kappa shape index (κ1) is 11.3. The Morgan fingerprint density at radius 1 is 1.57 bits per heavy atom. The minimum Gasteiger partial charge on any atom is -0.468 e. The highest BCUT2D eigenvalue weighted by Gasteiger charge is 2.16. The van der Waals surface area contributed by atoms with E-state index in [0.29, 0.717) is 6.54 Å². The molecule has 0 aliphatic carbocycles. The molecule has 0 aliphatic heterocycles.